The third kappa shape index (κ3) is 2.50. The zero-order chi connectivity index (χ0) is 13.3. The molecule has 1 aromatic carbocycles. The lowest BCUT2D eigenvalue weighted by Crippen LogP contribution is -2.08. The van der Waals surface area contributed by atoms with Gasteiger partial charge in [-0.1, -0.05) is 27.5 Å². The molecule has 0 aromatic heterocycles. The fourth-order valence-electron chi connectivity index (χ4n) is 1.88. The van der Waals surface area contributed by atoms with Crippen molar-refractivity contribution in [3.8, 4) is 5.75 Å². The predicted molar refractivity (Wildman–Crippen MR) is 74.6 cm³/mol. The van der Waals surface area contributed by atoms with Crippen LogP contribution < -0.4 is 4.74 Å². The Hall–Kier alpha value is -0.540. The van der Waals surface area contributed by atoms with Gasteiger partial charge in [-0.15, -0.1) is 0 Å². The van der Waals surface area contributed by atoms with Crippen molar-refractivity contribution in [1.29, 1.82) is 0 Å². The molecule has 0 saturated heterocycles. The molecule has 94 valence electrons. The van der Waals surface area contributed by atoms with E-state index in [-0.39, 0.29) is 10.6 Å². The zero-order valence-corrected chi connectivity index (χ0v) is 13.0. The third-order valence-electron chi connectivity index (χ3n) is 3.02. The molecule has 1 aromatic rings. The van der Waals surface area contributed by atoms with E-state index in [4.69, 9.17) is 16.3 Å². The van der Waals surface area contributed by atoms with Crippen LogP contribution in [0.4, 0.5) is 0 Å². The Morgan fingerprint density at radius 1 is 1.24 bits per heavy atom. The van der Waals surface area contributed by atoms with Gasteiger partial charge in [-0.25, -0.2) is 0 Å². The van der Waals surface area contributed by atoms with Gasteiger partial charge in [0.05, 0.1) is 7.11 Å². The maximum atomic E-state index is 11.5. The second-order valence-electron chi connectivity index (χ2n) is 4.11. The van der Waals surface area contributed by atoms with Crippen molar-refractivity contribution < 1.29 is 9.53 Å². The van der Waals surface area contributed by atoms with Gasteiger partial charge in [0.25, 0.3) is 0 Å². The molecule has 1 unspecified atom stereocenters. The summed E-state index contributed by atoms with van der Waals surface area (Å²) < 4.78 is 5.42. The van der Waals surface area contributed by atoms with E-state index in [1.165, 1.54) is 0 Å². The minimum absolute atomic E-state index is 0.0331. The van der Waals surface area contributed by atoms with Gasteiger partial charge in [-0.05, 0) is 44.4 Å². The monoisotopic (exact) mass is 318 g/mol. The Morgan fingerprint density at radius 2 is 1.76 bits per heavy atom. The summed E-state index contributed by atoms with van der Waals surface area (Å²) in [5, 5.41) is 0.698. The first-order valence-electron chi connectivity index (χ1n) is 5.30. The Morgan fingerprint density at radius 3 is 2.18 bits per heavy atom. The molecule has 0 aliphatic carbocycles. The van der Waals surface area contributed by atoms with Crippen LogP contribution in [-0.2, 0) is 4.79 Å². The molecule has 0 heterocycles. The number of hydrogen-bond acceptors (Lipinski definition) is 2. The van der Waals surface area contributed by atoms with E-state index in [1.54, 1.807) is 14.0 Å². The summed E-state index contributed by atoms with van der Waals surface area (Å²) in [6, 6.07) is 0. The highest BCUT2D eigenvalue weighted by atomic mass is 79.9. The summed E-state index contributed by atoms with van der Waals surface area (Å²) in [5.74, 6) is 0.771. The minimum Gasteiger partial charge on any atom is -0.496 e. The number of methoxy groups -OCH3 is 1. The van der Waals surface area contributed by atoms with Gasteiger partial charge in [0, 0.05) is 10.6 Å². The number of carbonyl (C=O) groups is 1. The Labute approximate surface area is 115 Å². The normalized spacial score (nSPS) is 12.4. The van der Waals surface area contributed by atoms with E-state index in [0.29, 0.717) is 5.02 Å². The predicted octanol–water partition coefficient (Wildman–Crippen LogP) is 4.30. The highest BCUT2D eigenvalue weighted by Gasteiger charge is 2.24. The van der Waals surface area contributed by atoms with Gasteiger partial charge in [0.15, 0.2) is 0 Å². The topological polar surface area (TPSA) is 26.3 Å². The average Bonchev–Trinajstić information content (AvgIpc) is 2.29. The van der Waals surface area contributed by atoms with Gasteiger partial charge in [0.1, 0.15) is 16.4 Å². The Kier molecular flexibility index (Phi) is 4.62. The first-order chi connectivity index (χ1) is 7.82. The fraction of sp³-hybridized carbons (Fsp3) is 0.462. The van der Waals surface area contributed by atoms with Gasteiger partial charge < -0.3 is 4.74 Å². The van der Waals surface area contributed by atoms with Crippen molar-refractivity contribution in [2.45, 2.75) is 32.5 Å². The Balaban J connectivity index is 3.63. The maximum absolute atomic E-state index is 11.5. The van der Waals surface area contributed by atoms with Crippen molar-refractivity contribution in [1.82, 2.24) is 0 Å². The van der Waals surface area contributed by atoms with E-state index in [1.807, 2.05) is 20.8 Å². The summed E-state index contributed by atoms with van der Waals surface area (Å²) >= 11 is 9.68. The van der Waals surface area contributed by atoms with Crippen molar-refractivity contribution >= 4 is 33.3 Å². The summed E-state index contributed by atoms with van der Waals surface area (Å²) in [5.41, 5.74) is 3.69. The van der Waals surface area contributed by atoms with E-state index in [9.17, 15) is 4.79 Å². The van der Waals surface area contributed by atoms with Crippen molar-refractivity contribution in [2.75, 3.05) is 7.11 Å². The summed E-state index contributed by atoms with van der Waals surface area (Å²) in [4.78, 5) is 11.1. The van der Waals surface area contributed by atoms with Crippen LogP contribution in [0.3, 0.4) is 0 Å². The lowest BCUT2D eigenvalue weighted by molar-refractivity contribution is -0.116. The van der Waals surface area contributed by atoms with Crippen LogP contribution in [0, 0.1) is 20.8 Å². The van der Waals surface area contributed by atoms with E-state index in [2.05, 4.69) is 15.9 Å². The van der Waals surface area contributed by atoms with Gasteiger partial charge in [-0.3, -0.25) is 4.79 Å². The number of ether oxygens (including phenoxy) is 1. The number of hydrogen-bond donors (Lipinski definition) is 0. The quantitative estimate of drug-likeness (QED) is 0.777. The molecule has 0 N–H and O–H groups in total. The van der Waals surface area contributed by atoms with E-state index < -0.39 is 0 Å². The molecular weight excluding hydrogens is 303 g/mol. The molecule has 0 spiro atoms. The van der Waals surface area contributed by atoms with E-state index in [0.717, 1.165) is 28.0 Å². The number of rotatable bonds is 3. The van der Waals surface area contributed by atoms with Crippen LogP contribution in [0.1, 0.15) is 34.0 Å². The molecular formula is C13H16BrClO2. The van der Waals surface area contributed by atoms with Crippen LogP contribution in [0.2, 0.25) is 5.02 Å². The smallest absolute Gasteiger partial charge is 0.147 e. The van der Waals surface area contributed by atoms with Crippen LogP contribution in [0.25, 0.3) is 0 Å². The number of Topliss-reactive ketones (excluding diaryl/α,β-unsaturated/α-hetero) is 1. The fourth-order valence-corrected chi connectivity index (χ4v) is 2.67. The number of alkyl halides is 1. The number of benzene rings is 1. The molecule has 0 aliphatic rings. The van der Waals surface area contributed by atoms with Gasteiger partial charge in [-0.2, -0.15) is 0 Å². The van der Waals surface area contributed by atoms with Crippen LogP contribution in [0.15, 0.2) is 0 Å². The molecule has 17 heavy (non-hydrogen) atoms. The third-order valence-corrected chi connectivity index (χ3v) is 4.69. The first kappa shape index (κ1) is 14.5. The van der Waals surface area contributed by atoms with Gasteiger partial charge in [0.2, 0.25) is 0 Å². The highest BCUT2D eigenvalue weighted by molar-refractivity contribution is 9.09. The molecule has 0 amide bonds. The molecule has 1 rings (SSSR count). The summed E-state index contributed by atoms with van der Waals surface area (Å²) in [6.07, 6.45) is 0. The zero-order valence-electron chi connectivity index (χ0n) is 10.6. The second-order valence-corrected chi connectivity index (χ2v) is 5.40. The molecule has 4 heteroatoms. The molecule has 0 radical (unpaired) electrons. The molecule has 0 aliphatic heterocycles. The van der Waals surface area contributed by atoms with Crippen molar-refractivity contribution in [2.24, 2.45) is 0 Å². The van der Waals surface area contributed by atoms with Gasteiger partial charge >= 0.3 is 0 Å². The average molecular weight is 320 g/mol. The lowest BCUT2D eigenvalue weighted by atomic mass is 9.95. The van der Waals surface area contributed by atoms with Crippen molar-refractivity contribution in [3.05, 3.63) is 27.3 Å². The standard InChI is InChI=1S/C13H16BrClO2/c1-6-7(2)13(17-5)10(8(3)12(6)15)11(14)9(4)16/h11H,1-5H3. The molecule has 2 nitrogen and oxygen atoms in total. The molecule has 1 atom stereocenters. The first-order valence-corrected chi connectivity index (χ1v) is 6.59. The SMILES string of the molecule is COc1c(C)c(C)c(Cl)c(C)c1C(Br)C(C)=O. The number of carbonyl (C=O) groups excluding carboxylic acids is 1. The van der Waals surface area contributed by atoms with Crippen molar-refractivity contribution in [3.63, 3.8) is 0 Å². The summed E-state index contributed by atoms with van der Waals surface area (Å²) in [6.45, 7) is 7.35. The van der Waals surface area contributed by atoms with Crippen LogP contribution >= 0.6 is 27.5 Å². The Bertz CT molecular complexity index is 469. The molecule has 0 bridgehead atoms. The maximum Gasteiger partial charge on any atom is 0.147 e. The number of halogens is 2. The van der Waals surface area contributed by atoms with Crippen LogP contribution in [-0.4, -0.2) is 12.9 Å². The highest BCUT2D eigenvalue weighted by Crippen LogP contribution is 2.42. The minimum atomic E-state index is -0.380. The van der Waals surface area contributed by atoms with E-state index >= 15 is 0 Å². The molecule has 0 saturated carbocycles. The number of ketones is 1. The second kappa shape index (κ2) is 5.40. The molecule has 0 fully saturated rings. The van der Waals surface area contributed by atoms with Crippen LogP contribution in [0.5, 0.6) is 5.75 Å². The largest absolute Gasteiger partial charge is 0.496 e. The lowest BCUT2D eigenvalue weighted by Gasteiger charge is -2.20. The summed E-state index contributed by atoms with van der Waals surface area (Å²) in [7, 11) is 1.61.